The SMILES string of the molecule is C=C/C=C1\C(=C/C=C)C(/C(C=C)=C/C=C(\C)C(C)C)(/C(C=C)=C/C=C(\C=C)C(C)(C)O)c2ccccc21. The summed E-state index contributed by atoms with van der Waals surface area (Å²) in [4.78, 5) is 0. The fourth-order valence-electron chi connectivity index (χ4n) is 4.76. The molecule has 1 aromatic carbocycles. The first kappa shape index (κ1) is 29.5. The van der Waals surface area contributed by atoms with E-state index in [0.29, 0.717) is 11.5 Å². The van der Waals surface area contributed by atoms with Crippen molar-refractivity contribution in [1.29, 1.82) is 0 Å². The van der Waals surface area contributed by atoms with E-state index in [1.807, 2.05) is 42.5 Å². The number of aliphatic hydroxyl groups is 1. The van der Waals surface area contributed by atoms with Crippen LogP contribution in [0.1, 0.15) is 45.7 Å². The van der Waals surface area contributed by atoms with Crippen molar-refractivity contribution in [1.82, 2.24) is 0 Å². The highest BCUT2D eigenvalue weighted by molar-refractivity contribution is 5.95. The van der Waals surface area contributed by atoms with E-state index < -0.39 is 11.0 Å². The van der Waals surface area contributed by atoms with Gasteiger partial charge in [-0.1, -0.05) is 143 Å². The van der Waals surface area contributed by atoms with Crippen LogP contribution in [0.5, 0.6) is 0 Å². The third kappa shape index (κ3) is 5.84. The Bertz CT molecular complexity index is 1260. The molecular formula is C36H42O. The van der Waals surface area contributed by atoms with Crippen molar-refractivity contribution in [2.45, 2.75) is 45.6 Å². The van der Waals surface area contributed by atoms with Gasteiger partial charge in [0.05, 0.1) is 11.0 Å². The minimum atomic E-state index is -1.03. The molecule has 0 aromatic heterocycles. The Kier molecular flexibility index (Phi) is 10.00. The van der Waals surface area contributed by atoms with Crippen molar-refractivity contribution in [3.8, 4) is 0 Å². The fourth-order valence-corrected chi connectivity index (χ4v) is 4.76. The lowest BCUT2D eigenvalue weighted by Gasteiger charge is -2.36. The van der Waals surface area contributed by atoms with Crippen LogP contribution in [-0.2, 0) is 5.41 Å². The van der Waals surface area contributed by atoms with Crippen LogP contribution in [-0.4, -0.2) is 10.7 Å². The molecule has 0 heterocycles. The Labute approximate surface area is 225 Å². The van der Waals surface area contributed by atoms with Gasteiger partial charge in [0.2, 0.25) is 0 Å². The molecule has 37 heavy (non-hydrogen) atoms. The van der Waals surface area contributed by atoms with Crippen LogP contribution < -0.4 is 0 Å². The molecule has 1 nitrogen and oxygen atoms in total. The minimum absolute atomic E-state index is 0.424. The van der Waals surface area contributed by atoms with Gasteiger partial charge in [-0.2, -0.15) is 0 Å². The van der Waals surface area contributed by atoms with E-state index in [1.54, 1.807) is 19.9 Å². The van der Waals surface area contributed by atoms with Gasteiger partial charge in [0.15, 0.2) is 0 Å². The molecule has 1 heteroatoms. The molecule has 1 unspecified atom stereocenters. The highest BCUT2D eigenvalue weighted by atomic mass is 16.3. The lowest BCUT2D eigenvalue weighted by atomic mass is 9.65. The summed E-state index contributed by atoms with van der Waals surface area (Å²) in [5, 5.41) is 10.7. The molecule has 1 N–H and O–H groups in total. The summed E-state index contributed by atoms with van der Waals surface area (Å²) < 4.78 is 0. The molecule has 1 aliphatic carbocycles. The molecular weight excluding hydrogens is 448 g/mol. The van der Waals surface area contributed by atoms with Crippen LogP contribution in [0.2, 0.25) is 0 Å². The van der Waals surface area contributed by atoms with E-state index in [4.69, 9.17) is 0 Å². The molecule has 0 fully saturated rings. The maximum absolute atomic E-state index is 10.7. The molecule has 2 rings (SSSR count). The topological polar surface area (TPSA) is 20.2 Å². The van der Waals surface area contributed by atoms with Crippen LogP contribution in [0.25, 0.3) is 5.57 Å². The maximum atomic E-state index is 10.7. The van der Waals surface area contributed by atoms with Gasteiger partial charge in [0.25, 0.3) is 0 Å². The molecule has 0 spiro atoms. The lowest BCUT2D eigenvalue weighted by Crippen LogP contribution is -2.29. The summed E-state index contributed by atoms with van der Waals surface area (Å²) in [6.45, 7) is 30.5. The molecule has 192 valence electrons. The first-order valence-corrected chi connectivity index (χ1v) is 12.7. The quantitative estimate of drug-likeness (QED) is 0.306. The zero-order chi connectivity index (χ0) is 27.8. The zero-order valence-corrected chi connectivity index (χ0v) is 23.2. The van der Waals surface area contributed by atoms with E-state index in [-0.39, 0.29) is 0 Å². The molecule has 1 atom stereocenters. The number of hydrogen-bond donors (Lipinski definition) is 1. The number of allylic oxidation sites excluding steroid dienone is 15. The highest BCUT2D eigenvalue weighted by Crippen LogP contribution is 2.58. The Morgan fingerprint density at radius 3 is 1.89 bits per heavy atom. The first-order chi connectivity index (χ1) is 17.5. The van der Waals surface area contributed by atoms with Crippen molar-refractivity contribution < 1.29 is 5.11 Å². The van der Waals surface area contributed by atoms with Gasteiger partial charge in [-0.25, -0.2) is 0 Å². The van der Waals surface area contributed by atoms with E-state index in [2.05, 4.69) is 96.2 Å². The summed E-state index contributed by atoms with van der Waals surface area (Å²) in [6.07, 6.45) is 21.6. The van der Waals surface area contributed by atoms with Gasteiger partial charge >= 0.3 is 0 Å². The van der Waals surface area contributed by atoms with Gasteiger partial charge in [-0.3, -0.25) is 0 Å². The number of benzene rings is 1. The average Bonchev–Trinajstić information content (AvgIpc) is 3.12. The lowest BCUT2D eigenvalue weighted by molar-refractivity contribution is 0.124. The van der Waals surface area contributed by atoms with E-state index in [0.717, 1.165) is 33.4 Å². The van der Waals surface area contributed by atoms with Crippen LogP contribution in [0.15, 0.2) is 152 Å². The van der Waals surface area contributed by atoms with Crippen LogP contribution in [0, 0.1) is 5.92 Å². The fraction of sp³-hybridized carbons (Fsp3) is 0.222. The molecule has 0 bridgehead atoms. The second kappa shape index (κ2) is 12.5. The van der Waals surface area contributed by atoms with Crippen molar-refractivity contribution in [3.05, 3.63) is 163 Å². The van der Waals surface area contributed by atoms with Crippen LogP contribution in [0.3, 0.4) is 0 Å². The summed E-state index contributed by atoms with van der Waals surface area (Å²) in [5.41, 5.74) is 6.60. The van der Waals surface area contributed by atoms with Crippen molar-refractivity contribution in [3.63, 3.8) is 0 Å². The highest BCUT2D eigenvalue weighted by Gasteiger charge is 2.48. The van der Waals surface area contributed by atoms with Crippen molar-refractivity contribution in [2.75, 3.05) is 0 Å². The largest absolute Gasteiger partial charge is 0.386 e. The predicted octanol–water partition coefficient (Wildman–Crippen LogP) is 9.33. The Balaban J connectivity index is 3.19. The summed E-state index contributed by atoms with van der Waals surface area (Å²) in [6, 6.07) is 8.42. The maximum Gasteiger partial charge on any atom is 0.0840 e. The second-order valence-corrected chi connectivity index (χ2v) is 10.0. The third-order valence-corrected chi connectivity index (χ3v) is 7.00. The molecule has 0 radical (unpaired) electrons. The standard InChI is InChI=1S/C36H42O/c1-11-18-31-32-20-16-17-21-34(32)36(33(31)19-12-2,29(14-4)23-22-27(8)26(6)7)30(15-5)25-24-28(13-3)35(9,10)37/h11-26,37H,1-5H2,6-10H3/b27-22+,28-24+,29-23+,30-25+,31-18-,33-19+. The van der Waals surface area contributed by atoms with E-state index in [9.17, 15) is 5.11 Å². The summed E-state index contributed by atoms with van der Waals surface area (Å²) >= 11 is 0. The zero-order valence-electron chi connectivity index (χ0n) is 23.2. The average molecular weight is 491 g/mol. The second-order valence-electron chi connectivity index (χ2n) is 10.0. The number of rotatable bonds is 11. The summed E-state index contributed by atoms with van der Waals surface area (Å²) in [5.74, 6) is 0.424. The third-order valence-electron chi connectivity index (χ3n) is 7.00. The van der Waals surface area contributed by atoms with Crippen LogP contribution >= 0.6 is 0 Å². The predicted molar refractivity (Wildman–Crippen MR) is 164 cm³/mol. The van der Waals surface area contributed by atoms with Gasteiger partial charge < -0.3 is 5.11 Å². The van der Waals surface area contributed by atoms with Crippen molar-refractivity contribution in [2.24, 2.45) is 5.92 Å². The summed E-state index contributed by atoms with van der Waals surface area (Å²) in [7, 11) is 0. The monoisotopic (exact) mass is 490 g/mol. The number of fused-ring (bicyclic) bond motifs is 1. The molecule has 1 aliphatic rings. The van der Waals surface area contributed by atoms with Gasteiger partial charge in [-0.15, -0.1) is 0 Å². The Morgan fingerprint density at radius 1 is 0.838 bits per heavy atom. The molecule has 0 aliphatic heterocycles. The van der Waals surface area contributed by atoms with Gasteiger partial charge in [0, 0.05) is 0 Å². The Hall–Kier alpha value is -3.68. The van der Waals surface area contributed by atoms with Crippen molar-refractivity contribution >= 4 is 5.57 Å². The molecule has 1 aromatic rings. The van der Waals surface area contributed by atoms with Gasteiger partial charge in [0.1, 0.15) is 0 Å². The minimum Gasteiger partial charge on any atom is -0.386 e. The normalized spacial score (nSPS) is 21.3. The smallest absolute Gasteiger partial charge is 0.0840 e. The Morgan fingerprint density at radius 2 is 1.41 bits per heavy atom. The number of hydrogen-bond acceptors (Lipinski definition) is 1. The molecule has 0 amide bonds. The molecule has 0 saturated heterocycles. The van der Waals surface area contributed by atoms with E-state index in [1.165, 1.54) is 5.57 Å². The van der Waals surface area contributed by atoms with Gasteiger partial charge in [-0.05, 0) is 65.7 Å². The van der Waals surface area contributed by atoms with Crippen LogP contribution in [0.4, 0.5) is 0 Å². The van der Waals surface area contributed by atoms with E-state index >= 15 is 0 Å². The first-order valence-electron chi connectivity index (χ1n) is 12.7. The molecule has 0 saturated carbocycles.